The Balaban J connectivity index is 1.78. The number of methoxy groups -OCH3 is 1. The molecule has 0 aliphatic carbocycles. The number of rotatable bonds is 8. The maximum Gasteiger partial charge on any atom is 0.323 e. The Hall–Kier alpha value is -3.61. The number of fused-ring (bicyclic) bond motifs is 2. The lowest BCUT2D eigenvalue weighted by Crippen LogP contribution is -2.37. The average Bonchev–Trinajstić information content (AvgIpc) is 3.21. The molecule has 3 aromatic rings. The van der Waals surface area contributed by atoms with E-state index in [0.717, 1.165) is 21.9 Å². The summed E-state index contributed by atoms with van der Waals surface area (Å²) in [6.45, 7) is 1.80. The van der Waals surface area contributed by atoms with Crippen molar-refractivity contribution in [3.8, 4) is 11.8 Å². The molecule has 0 saturated carbocycles. The number of benzene rings is 3. The molecule has 1 unspecified atom stereocenters. The molecule has 34 heavy (non-hydrogen) atoms. The van der Waals surface area contributed by atoms with Crippen molar-refractivity contribution in [2.45, 2.75) is 19.4 Å². The fraction of sp³-hybridized carbons (Fsp3) is 0.280. The van der Waals surface area contributed by atoms with Crippen LogP contribution in [0.1, 0.15) is 29.7 Å². The van der Waals surface area contributed by atoms with Crippen LogP contribution in [0, 0.1) is 11.3 Å². The molecule has 9 heteroatoms. The van der Waals surface area contributed by atoms with Gasteiger partial charge in [0.1, 0.15) is 5.75 Å². The lowest BCUT2D eigenvalue weighted by atomic mass is 9.98. The van der Waals surface area contributed by atoms with Crippen LogP contribution in [0.25, 0.3) is 10.8 Å². The molecule has 1 atom stereocenters. The van der Waals surface area contributed by atoms with Gasteiger partial charge in [0.15, 0.2) is 12.5 Å². The molecule has 1 heterocycles. The molecule has 0 aromatic heterocycles. The summed E-state index contributed by atoms with van der Waals surface area (Å²) >= 11 is 0. The van der Waals surface area contributed by atoms with Crippen molar-refractivity contribution in [1.82, 2.24) is 0 Å². The number of esters is 1. The molecule has 0 spiro atoms. The number of carbonyl (C=O) groups excluding carboxylic acids is 1. The third-order valence-electron chi connectivity index (χ3n) is 5.61. The maximum atomic E-state index is 13.4. The topological polar surface area (TPSA) is 106 Å². The fourth-order valence-electron chi connectivity index (χ4n) is 4.18. The van der Waals surface area contributed by atoms with Gasteiger partial charge in [0.2, 0.25) is 10.0 Å². The van der Waals surface area contributed by atoms with Crippen LogP contribution in [0.3, 0.4) is 0 Å². The molecule has 0 bridgehead atoms. The molecule has 1 aliphatic rings. The Labute approximate surface area is 198 Å². The van der Waals surface area contributed by atoms with E-state index in [1.54, 1.807) is 37.3 Å². The first-order valence-electron chi connectivity index (χ1n) is 10.7. The zero-order chi connectivity index (χ0) is 24.3. The Morgan fingerprint density at radius 2 is 1.91 bits per heavy atom. The van der Waals surface area contributed by atoms with E-state index in [0.29, 0.717) is 23.4 Å². The van der Waals surface area contributed by atoms with Gasteiger partial charge in [0.05, 0.1) is 30.0 Å². The lowest BCUT2D eigenvalue weighted by molar-refractivity contribution is -0.139. The van der Waals surface area contributed by atoms with Gasteiger partial charge >= 0.3 is 5.97 Å². The van der Waals surface area contributed by atoms with Gasteiger partial charge in [0.25, 0.3) is 0 Å². The van der Waals surface area contributed by atoms with Crippen molar-refractivity contribution in [1.29, 1.82) is 5.26 Å². The monoisotopic (exact) mass is 480 g/mol. The van der Waals surface area contributed by atoms with E-state index in [-0.39, 0.29) is 13.4 Å². The molecule has 0 fully saturated rings. The summed E-state index contributed by atoms with van der Waals surface area (Å²) in [6.07, 6.45) is 0.394. The minimum atomic E-state index is -4.05. The number of hydrogen-bond donors (Lipinski definition) is 0. The predicted molar refractivity (Wildman–Crippen MR) is 127 cm³/mol. The quantitative estimate of drug-likeness (QED) is 0.358. The molecule has 1 aliphatic heterocycles. The smallest absolute Gasteiger partial charge is 0.323 e. The molecule has 4 rings (SSSR count). The first kappa shape index (κ1) is 23.5. The Morgan fingerprint density at radius 1 is 1.12 bits per heavy atom. The van der Waals surface area contributed by atoms with Gasteiger partial charge in [-0.15, -0.1) is 0 Å². The largest absolute Gasteiger partial charge is 0.468 e. The summed E-state index contributed by atoms with van der Waals surface area (Å²) in [5.74, 6) is -1.00. The van der Waals surface area contributed by atoms with Gasteiger partial charge in [0, 0.05) is 13.5 Å². The number of carbonyl (C=O) groups is 1. The van der Waals surface area contributed by atoms with E-state index in [9.17, 15) is 18.5 Å². The van der Waals surface area contributed by atoms with Gasteiger partial charge in [-0.1, -0.05) is 18.2 Å². The highest BCUT2D eigenvalue weighted by Gasteiger charge is 2.40. The number of nitriles is 1. The highest BCUT2D eigenvalue weighted by atomic mass is 32.2. The van der Waals surface area contributed by atoms with E-state index in [1.807, 2.05) is 24.3 Å². The first-order valence-corrected chi connectivity index (χ1v) is 12.3. The Morgan fingerprint density at radius 3 is 2.65 bits per heavy atom. The van der Waals surface area contributed by atoms with E-state index in [2.05, 4.69) is 6.07 Å². The molecule has 0 N–H and O–H groups in total. The van der Waals surface area contributed by atoms with Gasteiger partial charge in [-0.2, -0.15) is 5.26 Å². The van der Waals surface area contributed by atoms with Crippen LogP contribution in [0.4, 0.5) is 5.69 Å². The van der Waals surface area contributed by atoms with E-state index >= 15 is 0 Å². The average molecular weight is 481 g/mol. The number of sulfonamides is 1. The molecular formula is C25H24N2O6S. The Kier molecular flexibility index (Phi) is 6.72. The van der Waals surface area contributed by atoms with Gasteiger partial charge in [-0.05, 0) is 65.2 Å². The fourth-order valence-corrected chi connectivity index (χ4v) is 5.76. The summed E-state index contributed by atoms with van der Waals surface area (Å²) in [4.78, 5) is 12.1. The standard InChI is InChI=1S/C25H24N2O6S/c1-3-32-25(28)15-34(29,30)27-23-9-8-22(33-16-31-2)12-21(23)13-24(27)19-7-6-18-5-4-17(14-26)10-20(18)11-19/h4-12,24H,3,13,15-16H2,1-2H3. The molecule has 0 saturated heterocycles. The molecule has 0 amide bonds. The van der Waals surface area contributed by atoms with Gasteiger partial charge < -0.3 is 14.2 Å². The second kappa shape index (κ2) is 9.71. The van der Waals surface area contributed by atoms with Crippen LogP contribution in [-0.2, 0) is 30.7 Å². The summed E-state index contributed by atoms with van der Waals surface area (Å²) in [5, 5.41) is 11.0. The minimum Gasteiger partial charge on any atom is -0.468 e. The number of anilines is 1. The van der Waals surface area contributed by atoms with Crippen LogP contribution < -0.4 is 9.04 Å². The SMILES string of the molecule is CCOC(=O)CS(=O)(=O)N1c2ccc(OCOC)cc2CC1c1ccc2ccc(C#N)cc2c1. The highest BCUT2D eigenvalue weighted by Crippen LogP contribution is 2.44. The number of ether oxygens (including phenoxy) is 3. The molecule has 0 radical (unpaired) electrons. The van der Waals surface area contributed by atoms with Crippen LogP contribution in [0.2, 0.25) is 0 Å². The van der Waals surface area contributed by atoms with Crippen molar-refractivity contribution < 1.29 is 27.4 Å². The van der Waals surface area contributed by atoms with Crippen molar-refractivity contribution in [3.63, 3.8) is 0 Å². The van der Waals surface area contributed by atoms with Crippen molar-refractivity contribution in [3.05, 3.63) is 71.3 Å². The predicted octanol–water partition coefficient (Wildman–Crippen LogP) is 3.69. The Bertz CT molecular complexity index is 1380. The second-order valence-electron chi connectivity index (χ2n) is 7.85. The zero-order valence-corrected chi connectivity index (χ0v) is 19.7. The first-order chi connectivity index (χ1) is 16.4. The summed E-state index contributed by atoms with van der Waals surface area (Å²) < 4.78 is 43.5. The summed E-state index contributed by atoms with van der Waals surface area (Å²) in [6, 6.07) is 17.7. The lowest BCUT2D eigenvalue weighted by Gasteiger charge is -2.27. The third kappa shape index (κ3) is 4.69. The normalized spacial score (nSPS) is 15.1. The highest BCUT2D eigenvalue weighted by molar-refractivity contribution is 7.93. The molecular weight excluding hydrogens is 456 g/mol. The van der Waals surface area contributed by atoms with Gasteiger partial charge in [-0.25, -0.2) is 8.42 Å². The molecule has 3 aromatic carbocycles. The molecule has 176 valence electrons. The summed E-state index contributed by atoms with van der Waals surface area (Å²) in [7, 11) is -2.53. The maximum absolute atomic E-state index is 13.4. The van der Waals surface area contributed by atoms with Crippen molar-refractivity contribution in [2.75, 3.05) is 30.6 Å². The zero-order valence-electron chi connectivity index (χ0n) is 18.9. The van der Waals surface area contributed by atoms with Crippen molar-refractivity contribution in [2.24, 2.45) is 0 Å². The van der Waals surface area contributed by atoms with E-state index in [1.165, 1.54) is 11.4 Å². The van der Waals surface area contributed by atoms with Crippen molar-refractivity contribution >= 4 is 32.5 Å². The van der Waals surface area contributed by atoms with Crippen LogP contribution in [-0.4, -0.2) is 40.6 Å². The van der Waals surface area contributed by atoms with Crippen LogP contribution >= 0.6 is 0 Å². The third-order valence-corrected chi connectivity index (χ3v) is 7.26. The van der Waals surface area contributed by atoms with Crippen LogP contribution in [0.5, 0.6) is 5.75 Å². The minimum absolute atomic E-state index is 0.0684. The van der Waals surface area contributed by atoms with Crippen LogP contribution in [0.15, 0.2) is 54.6 Å². The number of hydrogen-bond acceptors (Lipinski definition) is 7. The second-order valence-corrected chi connectivity index (χ2v) is 9.70. The summed E-state index contributed by atoms with van der Waals surface area (Å²) in [5.41, 5.74) is 2.54. The van der Waals surface area contributed by atoms with Gasteiger partial charge in [-0.3, -0.25) is 9.10 Å². The number of nitrogens with zero attached hydrogens (tertiary/aromatic N) is 2. The van der Waals surface area contributed by atoms with E-state index in [4.69, 9.17) is 14.2 Å². The molecule has 8 nitrogen and oxygen atoms in total. The van der Waals surface area contributed by atoms with E-state index < -0.39 is 27.8 Å².